The highest BCUT2D eigenvalue weighted by Gasteiger charge is 2.32. The van der Waals surface area contributed by atoms with Gasteiger partial charge < -0.3 is 19.5 Å². The summed E-state index contributed by atoms with van der Waals surface area (Å²) in [5, 5.41) is 3.20. The highest BCUT2D eigenvalue weighted by atomic mass is 16.6. The van der Waals surface area contributed by atoms with E-state index in [9.17, 15) is 4.79 Å². The second kappa shape index (κ2) is 5.93. The van der Waals surface area contributed by atoms with Crippen LogP contribution in [0.5, 0.6) is 5.75 Å². The molecule has 1 N–H and O–H groups in total. The summed E-state index contributed by atoms with van der Waals surface area (Å²) in [5.41, 5.74) is 0.912. The van der Waals surface area contributed by atoms with Crippen molar-refractivity contribution < 1.29 is 19.0 Å². The summed E-state index contributed by atoms with van der Waals surface area (Å²) in [4.78, 5) is 12.3. The number of hydrogen-bond donors (Lipinski definition) is 1. The van der Waals surface area contributed by atoms with Crippen molar-refractivity contribution in [1.29, 1.82) is 0 Å². The second-order valence-electron chi connectivity index (χ2n) is 5.77. The van der Waals surface area contributed by atoms with Gasteiger partial charge in [0.1, 0.15) is 11.9 Å². The maximum absolute atomic E-state index is 12.3. The molecule has 0 saturated carbocycles. The van der Waals surface area contributed by atoms with Crippen LogP contribution in [0.2, 0.25) is 0 Å². The monoisotopic (exact) mass is 291 g/mol. The van der Waals surface area contributed by atoms with Gasteiger partial charge in [-0.2, -0.15) is 0 Å². The first-order valence-corrected chi connectivity index (χ1v) is 7.47. The third kappa shape index (κ3) is 3.29. The van der Waals surface area contributed by atoms with E-state index in [1.165, 1.54) is 0 Å². The molecule has 2 aliphatic heterocycles. The van der Waals surface area contributed by atoms with E-state index in [-0.39, 0.29) is 24.3 Å². The van der Waals surface area contributed by atoms with Crippen LogP contribution in [0.25, 0.3) is 0 Å². The van der Waals surface area contributed by atoms with E-state index in [1.807, 2.05) is 38.1 Å². The van der Waals surface area contributed by atoms with Gasteiger partial charge in [0.2, 0.25) is 6.10 Å². The number of anilines is 1. The smallest absolute Gasteiger partial charge is 0.349 e. The Bertz CT molecular complexity index is 509. The zero-order valence-corrected chi connectivity index (χ0v) is 12.4. The topological polar surface area (TPSA) is 56.8 Å². The molecule has 2 aliphatic rings. The summed E-state index contributed by atoms with van der Waals surface area (Å²) in [6.45, 7) is 4.45. The van der Waals surface area contributed by atoms with Gasteiger partial charge in [0.15, 0.2) is 0 Å². The van der Waals surface area contributed by atoms with Crippen molar-refractivity contribution >= 4 is 11.7 Å². The van der Waals surface area contributed by atoms with Crippen LogP contribution in [0.3, 0.4) is 0 Å². The Labute approximate surface area is 124 Å². The molecule has 21 heavy (non-hydrogen) atoms. The van der Waals surface area contributed by atoms with E-state index in [1.54, 1.807) is 0 Å². The molecule has 2 heterocycles. The highest BCUT2D eigenvalue weighted by Crippen LogP contribution is 2.29. The Morgan fingerprint density at radius 3 is 2.71 bits per heavy atom. The molecule has 1 fully saturated rings. The number of esters is 1. The Kier molecular flexibility index (Phi) is 4.01. The Balaban J connectivity index is 1.59. The first-order valence-electron chi connectivity index (χ1n) is 7.47. The maximum Gasteiger partial charge on any atom is 0.349 e. The lowest BCUT2D eigenvalue weighted by Gasteiger charge is -2.33. The van der Waals surface area contributed by atoms with Gasteiger partial charge in [0.05, 0.1) is 24.4 Å². The van der Waals surface area contributed by atoms with Crippen LogP contribution in [-0.2, 0) is 14.3 Å². The van der Waals surface area contributed by atoms with Gasteiger partial charge in [0.25, 0.3) is 0 Å². The second-order valence-corrected chi connectivity index (χ2v) is 5.77. The van der Waals surface area contributed by atoms with E-state index < -0.39 is 6.10 Å². The Hall–Kier alpha value is -1.75. The van der Waals surface area contributed by atoms with Crippen molar-refractivity contribution in [2.75, 3.05) is 11.9 Å². The zero-order valence-electron chi connectivity index (χ0n) is 12.4. The van der Waals surface area contributed by atoms with Gasteiger partial charge in [-0.25, -0.2) is 4.79 Å². The SMILES string of the molecule is CC1CC(OC(=O)C2CNc3ccccc3O2)CC(C)O1. The number of rotatable bonds is 2. The van der Waals surface area contributed by atoms with Gasteiger partial charge in [-0.05, 0) is 26.0 Å². The average Bonchev–Trinajstić information content (AvgIpc) is 2.45. The number of carbonyl (C=O) groups excluding carboxylic acids is 1. The molecule has 5 heteroatoms. The van der Waals surface area contributed by atoms with Crippen molar-refractivity contribution in [1.82, 2.24) is 0 Å². The molecule has 1 aromatic carbocycles. The fourth-order valence-electron chi connectivity index (χ4n) is 2.93. The minimum atomic E-state index is -0.589. The average molecular weight is 291 g/mol. The fraction of sp³-hybridized carbons (Fsp3) is 0.562. The number of hydrogen-bond acceptors (Lipinski definition) is 5. The number of carbonyl (C=O) groups is 1. The molecule has 3 atom stereocenters. The normalized spacial score (nSPS) is 31.5. The first-order chi connectivity index (χ1) is 10.1. The lowest BCUT2D eigenvalue weighted by molar-refractivity contribution is -0.167. The summed E-state index contributed by atoms with van der Waals surface area (Å²) in [5.74, 6) is 0.391. The summed E-state index contributed by atoms with van der Waals surface area (Å²) < 4.78 is 17.0. The first kappa shape index (κ1) is 14.2. The van der Waals surface area contributed by atoms with Crippen molar-refractivity contribution in [3.05, 3.63) is 24.3 Å². The van der Waals surface area contributed by atoms with Crippen molar-refractivity contribution in [3.63, 3.8) is 0 Å². The van der Waals surface area contributed by atoms with Gasteiger partial charge in [-0.1, -0.05) is 12.1 Å². The molecular weight excluding hydrogens is 270 g/mol. The fourth-order valence-corrected chi connectivity index (χ4v) is 2.93. The van der Waals surface area contributed by atoms with Gasteiger partial charge >= 0.3 is 5.97 Å². The molecule has 0 radical (unpaired) electrons. The maximum atomic E-state index is 12.3. The molecule has 3 rings (SSSR count). The summed E-state index contributed by atoms with van der Waals surface area (Å²) in [6, 6.07) is 7.59. The van der Waals surface area contributed by atoms with Crippen molar-refractivity contribution in [3.8, 4) is 5.75 Å². The van der Waals surface area contributed by atoms with Crippen LogP contribution in [0.4, 0.5) is 5.69 Å². The largest absolute Gasteiger partial charge is 0.475 e. The minimum Gasteiger partial charge on any atom is -0.475 e. The van der Waals surface area contributed by atoms with Crippen molar-refractivity contribution in [2.24, 2.45) is 0 Å². The minimum absolute atomic E-state index is 0.0861. The van der Waals surface area contributed by atoms with Crippen LogP contribution < -0.4 is 10.1 Å². The molecule has 1 aromatic rings. The molecule has 5 nitrogen and oxygen atoms in total. The van der Waals surface area contributed by atoms with Crippen LogP contribution >= 0.6 is 0 Å². The van der Waals surface area contributed by atoms with E-state index in [4.69, 9.17) is 14.2 Å². The third-order valence-corrected chi connectivity index (χ3v) is 3.83. The van der Waals surface area contributed by atoms with E-state index in [2.05, 4.69) is 5.32 Å². The number of para-hydroxylation sites is 2. The quantitative estimate of drug-likeness (QED) is 0.848. The van der Waals surface area contributed by atoms with Gasteiger partial charge in [0, 0.05) is 12.8 Å². The molecule has 0 amide bonds. The predicted molar refractivity (Wildman–Crippen MR) is 78.5 cm³/mol. The molecule has 0 bridgehead atoms. The van der Waals surface area contributed by atoms with Crippen LogP contribution in [0.15, 0.2) is 24.3 Å². The predicted octanol–water partition coefficient (Wildman–Crippen LogP) is 2.36. The molecular formula is C16H21NO4. The molecule has 3 unspecified atom stereocenters. The number of fused-ring (bicyclic) bond motifs is 1. The molecule has 0 spiro atoms. The summed E-state index contributed by atoms with van der Waals surface area (Å²) >= 11 is 0. The van der Waals surface area contributed by atoms with Crippen LogP contribution in [0.1, 0.15) is 26.7 Å². The Morgan fingerprint density at radius 1 is 1.24 bits per heavy atom. The summed E-state index contributed by atoms with van der Waals surface area (Å²) in [7, 11) is 0. The lowest BCUT2D eigenvalue weighted by Crippen LogP contribution is -2.43. The van der Waals surface area contributed by atoms with E-state index in [0.29, 0.717) is 12.3 Å². The molecule has 0 aromatic heterocycles. The number of ether oxygens (including phenoxy) is 3. The van der Waals surface area contributed by atoms with Gasteiger partial charge in [-0.15, -0.1) is 0 Å². The van der Waals surface area contributed by atoms with E-state index in [0.717, 1.165) is 18.5 Å². The van der Waals surface area contributed by atoms with Crippen LogP contribution in [-0.4, -0.2) is 36.9 Å². The Morgan fingerprint density at radius 2 is 1.95 bits per heavy atom. The van der Waals surface area contributed by atoms with Gasteiger partial charge in [-0.3, -0.25) is 0 Å². The highest BCUT2D eigenvalue weighted by molar-refractivity contribution is 5.78. The number of benzene rings is 1. The standard InChI is InChI=1S/C16H21NO4/c1-10-7-12(8-11(2)19-10)20-16(18)15-9-17-13-5-3-4-6-14(13)21-15/h3-6,10-12,15,17H,7-9H2,1-2H3. The summed E-state index contributed by atoms with van der Waals surface area (Å²) in [6.07, 6.45) is 1.06. The lowest BCUT2D eigenvalue weighted by atomic mass is 10.0. The molecule has 0 aliphatic carbocycles. The number of nitrogens with one attached hydrogen (secondary N) is 1. The molecule has 1 saturated heterocycles. The van der Waals surface area contributed by atoms with Crippen molar-refractivity contribution in [2.45, 2.75) is 51.1 Å². The third-order valence-electron chi connectivity index (χ3n) is 3.83. The van der Waals surface area contributed by atoms with Crippen LogP contribution in [0, 0.1) is 0 Å². The van der Waals surface area contributed by atoms with E-state index >= 15 is 0 Å². The zero-order chi connectivity index (χ0) is 14.8. The molecule has 114 valence electrons.